The predicted molar refractivity (Wildman–Crippen MR) is 93.1 cm³/mol. The molecule has 0 aliphatic heterocycles. The second-order valence-corrected chi connectivity index (χ2v) is 6.88. The minimum Gasteiger partial charge on any atom is -0.465 e. The van der Waals surface area contributed by atoms with Crippen LogP contribution in [-0.4, -0.2) is 38.0 Å². The van der Waals surface area contributed by atoms with Crippen molar-refractivity contribution in [3.63, 3.8) is 0 Å². The number of esters is 2. The highest BCUT2D eigenvalue weighted by molar-refractivity contribution is 5.96. The summed E-state index contributed by atoms with van der Waals surface area (Å²) in [4.78, 5) is 25.1. The zero-order valence-corrected chi connectivity index (χ0v) is 16.5. The van der Waals surface area contributed by atoms with Crippen molar-refractivity contribution >= 4 is 11.9 Å². The number of hydrogen-bond acceptors (Lipinski definition) is 6. The molecule has 2 atom stereocenters. The van der Waals surface area contributed by atoms with Crippen molar-refractivity contribution in [2.45, 2.75) is 45.6 Å². The number of carbonyl (C=O) groups is 2. The normalized spacial score (nSPS) is 14.3. The number of ether oxygens (including phenoxy) is 4. The average Bonchev–Trinajstić information content (AvgIpc) is 2.56. The van der Waals surface area contributed by atoms with Gasteiger partial charge in [-0.15, -0.1) is 0 Å². The van der Waals surface area contributed by atoms with Crippen LogP contribution in [-0.2, 0) is 34.7 Å². The first-order valence-electron chi connectivity index (χ1n) is 8.58. The fourth-order valence-electron chi connectivity index (χ4n) is 2.33. The number of rotatable bonds is 8. The van der Waals surface area contributed by atoms with Gasteiger partial charge in [0.15, 0.2) is 5.92 Å². The molecule has 0 heterocycles. The summed E-state index contributed by atoms with van der Waals surface area (Å²) in [5.74, 6) is -3.35. The van der Waals surface area contributed by atoms with Gasteiger partial charge in [0.05, 0.1) is 12.2 Å². The van der Waals surface area contributed by atoms with Crippen LogP contribution < -0.4 is 0 Å². The lowest BCUT2D eigenvalue weighted by Crippen LogP contribution is -2.38. The van der Waals surface area contributed by atoms with Gasteiger partial charge in [-0.3, -0.25) is 9.59 Å². The summed E-state index contributed by atoms with van der Waals surface area (Å²) in [5.41, 5.74) is -1.59. The number of carbonyl (C=O) groups excluding carboxylic acids is 2. The van der Waals surface area contributed by atoms with E-state index in [0.29, 0.717) is 0 Å². The number of halogens is 3. The maximum Gasteiger partial charge on any atom is 0.416 e. The molecule has 28 heavy (non-hydrogen) atoms. The molecular formula is C19H25F3O6. The molecule has 0 aliphatic carbocycles. The lowest BCUT2D eigenvalue weighted by molar-refractivity contribution is -0.181. The number of benzene rings is 1. The molecule has 0 spiro atoms. The van der Waals surface area contributed by atoms with Crippen LogP contribution >= 0.6 is 0 Å². The summed E-state index contributed by atoms with van der Waals surface area (Å²) in [6.07, 6.45) is -5.77. The summed E-state index contributed by atoms with van der Waals surface area (Å²) in [7, 11) is 1.33. The van der Waals surface area contributed by atoms with E-state index in [1.54, 1.807) is 27.7 Å². The average molecular weight is 406 g/mol. The van der Waals surface area contributed by atoms with E-state index in [9.17, 15) is 22.8 Å². The maximum absolute atomic E-state index is 12.8. The first-order chi connectivity index (χ1) is 12.9. The van der Waals surface area contributed by atoms with E-state index in [1.807, 2.05) is 0 Å². The Morgan fingerprint density at radius 3 is 2.04 bits per heavy atom. The predicted octanol–water partition coefficient (Wildman–Crippen LogP) is 3.89. The van der Waals surface area contributed by atoms with Gasteiger partial charge in [-0.2, -0.15) is 13.2 Å². The number of hydrogen-bond donors (Lipinski definition) is 0. The summed E-state index contributed by atoms with van der Waals surface area (Å²) in [6.45, 7) is 6.13. The van der Waals surface area contributed by atoms with Crippen molar-refractivity contribution < 1.29 is 41.7 Å². The van der Waals surface area contributed by atoms with Crippen LogP contribution in [0.15, 0.2) is 24.3 Å². The smallest absolute Gasteiger partial charge is 0.416 e. The van der Waals surface area contributed by atoms with E-state index in [2.05, 4.69) is 0 Å². The van der Waals surface area contributed by atoms with E-state index in [4.69, 9.17) is 18.9 Å². The molecule has 0 bridgehead atoms. The van der Waals surface area contributed by atoms with Crippen LogP contribution in [0.3, 0.4) is 0 Å². The van der Waals surface area contributed by atoms with Gasteiger partial charge in [-0.05, 0) is 45.4 Å². The Bertz CT molecular complexity index is 649. The third kappa shape index (κ3) is 7.12. The highest BCUT2D eigenvalue weighted by Crippen LogP contribution is 2.34. The molecule has 0 amide bonds. The highest BCUT2D eigenvalue weighted by Gasteiger charge is 2.41. The number of alkyl halides is 3. The van der Waals surface area contributed by atoms with E-state index < -0.39 is 41.3 Å². The Labute approximate surface area is 161 Å². The quantitative estimate of drug-likeness (QED) is 0.371. The number of methoxy groups -OCH3 is 1. The SMILES string of the molecule is CCOC(=O)C(C(=O)OC(C)(C)C)C(OCOC)c1ccc(C(F)(F)F)cc1. The molecule has 0 aliphatic rings. The summed E-state index contributed by atoms with van der Waals surface area (Å²) in [6, 6.07) is 3.96. The molecule has 0 saturated heterocycles. The van der Waals surface area contributed by atoms with Gasteiger partial charge >= 0.3 is 18.1 Å². The van der Waals surface area contributed by atoms with Crippen LogP contribution in [0, 0.1) is 5.92 Å². The molecule has 9 heteroatoms. The largest absolute Gasteiger partial charge is 0.465 e. The zero-order valence-electron chi connectivity index (χ0n) is 16.5. The van der Waals surface area contributed by atoms with Gasteiger partial charge in [0.25, 0.3) is 0 Å². The van der Waals surface area contributed by atoms with Gasteiger partial charge in [0.2, 0.25) is 0 Å². The second-order valence-electron chi connectivity index (χ2n) is 6.88. The van der Waals surface area contributed by atoms with Crippen LogP contribution in [0.4, 0.5) is 13.2 Å². The van der Waals surface area contributed by atoms with E-state index in [1.165, 1.54) is 7.11 Å². The van der Waals surface area contributed by atoms with Gasteiger partial charge in [-0.1, -0.05) is 12.1 Å². The van der Waals surface area contributed by atoms with Crippen molar-refractivity contribution in [2.75, 3.05) is 20.5 Å². The summed E-state index contributed by atoms with van der Waals surface area (Å²) < 4.78 is 59.0. The molecule has 0 radical (unpaired) electrons. The first-order valence-corrected chi connectivity index (χ1v) is 8.58. The van der Waals surface area contributed by atoms with Crippen molar-refractivity contribution in [1.82, 2.24) is 0 Å². The Kier molecular flexibility index (Phi) is 8.44. The molecule has 0 aromatic heterocycles. The molecule has 0 fully saturated rings. The van der Waals surface area contributed by atoms with Crippen molar-refractivity contribution in [3.8, 4) is 0 Å². The molecule has 0 saturated carbocycles. The molecule has 2 unspecified atom stereocenters. The lowest BCUT2D eigenvalue weighted by atomic mass is 9.94. The summed E-state index contributed by atoms with van der Waals surface area (Å²) in [5, 5.41) is 0. The van der Waals surface area contributed by atoms with Gasteiger partial charge < -0.3 is 18.9 Å². The van der Waals surface area contributed by atoms with Crippen LogP contribution in [0.25, 0.3) is 0 Å². The molecule has 6 nitrogen and oxygen atoms in total. The minimum absolute atomic E-state index is 0.00212. The second kappa shape index (κ2) is 9.88. The highest BCUT2D eigenvalue weighted by atomic mass is 19.4. The molecule has 1 rings (SSSR count). The van der Waals surface area contributed by atoms with Crippen LogP contribution in [0.1, 0.15) is 44.9 Å². The Morgan fingerprint density at radius 1 is 1.04 bits per heavy atom. The minimum atomic E-state index is -4.52. The Hall–Kier alpha value is -2.13. The van der Waals surface area contributed by atoms with Crippen molar-refractivity contribution in [2.24, 2.45) is 5.92 Å². The van der Waals surface area contributed by atoms with E-state index in [-0.39, 0.29) is 19.0 Å². The maximum atomic E-state index is 12.8. The van der Waals surface area contributed by atoms with Gasteiger partial charge in [0, 0.05) is 7.11 Å². The molecular weight excluding hydrogens is 381 g/mol. The van der Waals surface area contributed by atoms with Gasteiger partial charge in [0.1, 0.15) is 18.5 Å². The monoisotopic (exact) mass is 406 g/mol. The standard InChI is InChI=1S/C19H25F3O6/c1-6-26-16(23)14(17(24)28-18(2,3)4)15(27-11-25-5)12-7-9-13(10-8-12)19(20,21)22/h7-10,14-15H,6,11H2,1-5H3. The Morgan fingerprint density at radius 2 is 1.61 bits per heavy atom. The third-order valence-corrected chi connectivity index (χ3v) is 3.44. The summed E-state index contributed by atoms with van der Waals surface area (Å²) >= 11 is 0. The molecule has 1 aromatic carbocycles. The van der Waals surface area contributed by atoms with Crippen molar-refractivity contribution in [3.05, 3.63) is 35.4 Å². The van der Waals surface area contributed by atoms with E-state index >= 15 is 0 Å². The molecule has 1 aromatic rings. The fourth-order valence-corrected chi connectivity index (χ4v) is 2.33. The van der Waals surface area contributed by atoms with Crippen LogP contribution in [0.5, 0.6) is 0 Å². The molecule has 0 N–H and O–H groups in total. The van der Waals surface area contributed by atoms with Gasteiger partial charge in [-0.25, -0.2) is 0 Å². The van der Waals surface area contributed by atoms with E-state index in [0.717, 1.165) is 24.3 Å². The third-order valence-electron chi connectivity index (χ3n) is 3.44. The topological polar surface area (TPSA) is 71.1 Å². The zero-order chi connectivity index (χ0) is 21.5. The molecule has 158 valence electrons. The van der Waals surface area contributed by atoms with Crippen molar-refractivity contribution in [1.29, 1.82) is 0 Å². The lowest BCUT2D eigenvalue weighted by Gasteiger charge is -2.28. The van der Waals surface area contributed by atoms with Crippen LogP contribution in [0.2, 0.25) is 0 Å². The first kappa shape index (κ1) is 23.9. The Balaban J connectivity index is 3.32. The fraction of sp³-hybridized carbons (Fsp3) is 0.579.